The lowest BCUT2D eigenvalue weighted by molar-refractivity contribution is 0.0690. The van der Waals surface area contributed by atoms with Crippen LogP contribution in [0, 0.1) is 0 Å². The van der Waals surface area contributed by atoms with E-state index in [-0.39, 0.29) is 12.3 Å². The van der Waals surface area contributed by atoms with E-state index in [1.54, 1.807) is 12.1 Å². The van der Waals surface area contributed by atoms with Crippen LogP contribution in [-0.4, -0.2) is 40.4 Å². The number of pyridine rings is 1. The third-order valence-electron chi connectivity index (χ3n) is 2.58. The van der Waals surface area contributed by atoms with Crippen LogP contribution in [0.3, 0.4) is 0 Å². The third kappa shape index (κ3) is 2.30. The molecule has 0 radical (unpaired) electrons. The number of hydrogen-bond acceptors (Lipinski definition) is 4. The highest BCUT2D eigenvalue weighted by molar-refractivity contribution is 5.85. The summed E-state index contributed by atoms with van der Waals surface area (Å²) >= 11 is 0. The molecule has 1 aromatic rings. The van der Waals surface area contributed by atoms with Crippen LogP contribution in [0.25, 0.3) is 0 Å². The molecule has 2 rings (SSSR count). The summed E-state index contributed by atoms with van der Waals surface area (Å²) in [7, 11) is 0. The average Bonchev–Trinajstić information content (AvgIpc) is 3.10. The zero-order chi connectivity index (χ0) is 11.5. The monoisotopic (exact) mass is 222 g/mol. The van der Waals surface area contributed by atoms with Crippen molar-refractivity contribution in [1.29, 1.82) is 0 Å². The van der Waals surface area contributed by atoms with Crippen molar-refractivity contribution in [3.05, 3.63) is 23.9 Å². The van der Waals surface area contributed by atoms with Crippen LogP contribution in [0.5, 0.6) is 0 Å². The highest BCUT2D eigenvalue weighted by Crippen LogP contribution is 2.30. The molecule has 16 heavy (non-hydrogen) atoms. The molecule has 1 aromatic heterocycles. The van der Waals surface area contributed by atoms with Gasteiger partial charge in [-0.2, -0.15) is 0 Å². The Morgan fingerprint density at radius 3 is 2.81 bits per heavy atom. The quantitative estimate of drug-likeness (QED) is 0.768. The van der Waals surface area contributed by atoms with Crippen molar-refractivity contribution >= 4 is 11.8 Å². The molecule has 0 atom stereocenters. The van der Waals surface area contributed by atoms with Gasteiger partial charge >= 0.3 is 5.97 Å². The Labute approximate surface area is 93.3 Å². The van der Waals surface area contributed by atoms with Crippen molar-refractivity contribution < 1.29 is 15.0 Å². The Balaban J connectivity index is 2.22. The first-order valence-corrected chi connectivity index (χ1v) is 5.30. The predicted molar refractivity (Wildman–Crippen MR) is 58.7 cm³/mol. The number of aromatic nitrogens is 1. The molecule has 0 aromatic carbocycles. The van der Waals surface area contributed by atoms with E-state index in [0.29, 0.717) is 18.4 Å². The van der Waals surface area contributed by atoms with Gasteiger partial charge in [0.05, 0.1) is 6.61 Å². The first-order valence-electron chi connectivity index (χ1n) is 5.30. The summed E-state index contributed by atoms with van der Waals surface area (Å²) < 4.78 is 0. The van der Waals surface area contributed by atoms with E-state index < -0.39 is 5.97 Å². The molecule has 1 fully saturated rings. The van der Waals surface area contributed by atoms with Gasteiger partial charge < -0.3 is 15.1 Å². The summed E-state index contributed by atoms with van der Waals surface area (Å²) in [5, 5.41) is 17.8. The van der Waals surface area contributed by atoms with Crippen LogP contribution in [0.4, 0.5) is 5.82 Å². The molecule has 0 unspecified atom stereocenters. The Kier molecular flexibility index (Phi) is 3.05. The summed E-state index contributed by atoms with van der Waals surface area (Å²) in [5.74, 6) is -0.391. The molecule has 0 aliphatic heterocycles. The lowest BCUT2D eigenvalue weighted by Crippen LogP contribution is -2.30. The summed E-state index contributed by atoms with van der Waals surface area (Å²) in [6, 6.07) is 5.33. The zero-order valence-electron chi connectivity index (χ0n) is 8.83. The van der Waals surface area contributed by atoms with Gasteiger partial charge in [0.1, 0.15) is 5.82 Å². The number of hydrogen-bond donors (Lipinski definition) is 2. The van der Waals surface area contributed by atoms with Crippen LogP contribution in [0.15, 0.2) is 18.2 Å². The highest BCUT2D eigenvalue weighted by atomic mass is 16.4. The normalized spacial score (nSPS) is 14.8. The van der Waals surface area contributed by atoms with E-state index in [1.807, 2.05) is 4.90 Å². The van der Waals surface area contributed by atoms with E-state index >= 15 is 0 Å². The number of carboxylic acids is 1. The van der Waals surface area contributed by atoms with Crippen molar-refractivity contribution in [3.63, 3.8) is 0 Å². The Bertz CT molecular complexity index is 391. The predicted octanol–water partition coefficient (Wildman–Crippen LogP) is 0.741. The van der Waals surface area contributed by atoms with Crippen molar-refractivity contribution in [2.24, 2.45) is 0 Å². The van der Waals surface area contributed by atoms with Gasteiger partial charge in [0, 0.05) is 12.6 Å². The van der Waals surface area contributed by atoms with Gasteiger partial charge in [0.15, 0.2) is 5.69 Å². The number of rotatable bonds is 5. The van der Waals surface area contributed by atoms with Crippen LogP contribution in [0.1, 0.15) is 23.3 Å². The lowest BCUT2D eigenvalue weighted by atomic mass is 10.3. The number of aromatic carboxylic acids is 1. The summed E-state index contributed by atoms with van der Waals surface area (Å²) in [6.07, 6.45) is 2.16. The fourth-order valence-electron chi connectivity index (χ4n) is 1.68. The van der Waals surface area contributed by atoms with Gasteiger partial charge in [-0.3, -0.25) is 0 Å². The first kappa shape index (κ1) is 10.9. The van der Waals surface area contributed by atoms with Gasteiger partial charge in [0.25, 0.3) is 0 Å². The summed E-state index contributed by atoms with van der Waals surface area (Å²) in [6.45, 7) is 0.552. The number of aliphatic hydroxyl groups is 1. The third-order valence-corrected chi connectivity index (χ3v) is 2.58. The van der Waals surface area contributed by atoms with Crippen molar-refractivity contribution in [3.8, 4) is 0 Å². The molecule has 86 valence electrons. The Morgan fingerprint density at radius 1 is 1.50 bits per heavy atom. The van der Waals surface area contributed by atoms with E-state index in [1.165, 1.54) is 6.07 Å². The average molecular weight is 222 g/mol. The van der Waals surface area contributed by atoms with Gasteiger partial charge in [-0.15, -0.1) is 0 Å². The van der Waals surface area contributed by atoms with Crippen LogP contribution >= 0.6 is 0 Å². The molecule has 1 heterocycles. The SMILES string of the molecule is O=C(O)c1cccc(N(CCO)C2CC2)n1. The van der Waals surface area contributed by atoms with Gasteiger partial charge in [-0.05, 0) is 25.0 Å². The van der Waals surface area contributed by atoms with Crippen LogP contribution in [0.2, 0.25) is 0 Å². The second kappa shape index (κ2) is 4.49. The second-order valence-corrected chi connectivity index (χ2v) is 3.83. The van der Waals surface area contributed by atoms with E-state index in [4.69, 9.17) is 10.2 Å². The second-order valence-electron chi connectivity index (χ2n) is 3.83. The highest BCUT2D eigenvalue weighted by Gasteiger charge is 2.29. The zero-order valence-corrected chi connectivity index (χ0v) is 8.83. The fraction of sp³-hybridized carbons (Fsp3) is 0.455. The van der Waals surface area contributed by atoms with Crippen LogP contribution in [-0.2, 0) is 0 Å². The number of carboxylic acid groups (broad SMARTS) is 1. The molecule has 1 aliphatic rings. The first-order chi connectivity index (χ1) is 7.72. The molecule has 0 spiro atoms. The smallest absolute Gasteiger partial charge is 0.354 e. The number of aliphatic hydroxyl groups excluding tert-OH is 1. The van der Waals surface area contributed by atoms with E-state index in [2.05, 4.69) is 4.98 Å². The van der Waals surface area contributed by atoms with Crippen molar-refractivity contribution in [2.75, 3.05) is 18.1 Å². The van der Waals surface area contributed by atoms with Crippen LogP contribution < -0.4 is 4.90 Å². The van der Waals surface area contributed by atoms with E-state index in [0.717, 1.165) is 12.8 Å². The molecule has 0 bridgehead atoms. The minimum absolute atomic E-state index is 0.0427. The van der Waals surface area contributed by atoms with Crippen molar-refractivity contribution in [2.45, 2.75) is 18.9 Å². The maximum atomic E-state index is 10.8. The number of anilines is 1. The standard InChI is InChI=1S/C11H14N2O3/c14-7-6-13(8-4-5-8)10-3-1-2-9(12-10)11(15)16/h1-3,8,14H,4-7H2,(H,15,16). The topological polar surface area (TPSA) is 73.7 Å². The summed E-state index contributed by atoms with van der Waals surface area (Å²) in [5.41, 5.74) is 0.0427. The summed E-state index contributed by atoms with van der Waals surface area (Å²) in [4.78, 5) is 16.8. The molecule has 1 aliphatic carbocycles. The maximum Gasteiger partial charge on any atom is 0.354 e. The fourth-order valence-corrected chi connectivity index (χ4v) is 1.68. The van der Waals surface area contributed by atoms with Crippen molar-refractivity contribution in [1.82, 2.24) is 4.98 Å². The minimum atomic E-state index is -1.03. The molecular formula is C11H14N2O3. The Morgan fingerprint density at radius 2 is 2.25 bits per heavy atom. The Hall–Kier alpha value is -1.62. The largest absolute Gasteiger partial charge is 0.477 e. The minimum Gasteiger partial charge on any atom is -0.477 e. The molecule has 5 nitrogen and oxygen atoms in total. The van der Waals surface area contributed by atoms with Gasteiger partial charge in [0.2, 0.25) is 0 Å². The maximum absolute atomic E-state index is 10.8. The molecule has 5 heteroatoms. The number of nitrogens with zero attached hydrogens (tertiary/aromatic N) is 2. The number of carbonyl (C=O) groups is 1. The molecule has 2 N–H and O–H groups in total. The molecule has 0 amide bonds. The molecule has 1 saturated carbocycles. The molecule has 0 saturated heterocycles. The lowest BCUT2D eigenvalue weighted by Gasteiger charge is -2.22. The molecular weight excluding hydrogens is 208 g/mol. The van der Waals surface area contributed by atoms with Gasteiger partial charge in [-0.25, -0.2) is 9.78 Å². The van der Waals surface area contributed by atoms with E-state index in [9.17, 15) is 4.79 Å². The van der Waals surface area contributed by atoms with Gasteiger partial charge in [-0.1, -0.05) is 6.07 Å².